The molecule has 24 heavy (non-hydrogen) atoms. The summed E-state index contributed by atoms with van der Waals surface area (Å²) in [6, 6.07) is 19.9. The van der Waals surface area contributed by atoms with E-state index in [4.69, 9.17) is 0 Å². The van der Waals surface area contributed by atoms with Gasteiger partial charge in [0.05, 0.1) is 5.69 Å². The van der Waals surface area contributed by atoms with Gasteiger partial charge in [-0.1, -0.05) is 53.8 Å². The molecule has 4 rings (SSSR count). The number of benzene rings is 2. The van der Waals surface area contributed by atoms with Crippen LogP contribution in [0, 0.1) is 0 Å². The molecular weight excluding hydrogens is 304 g/mol. The van der Waals surface area contributed by atoms with E-state index in [1.54, 1.807) is 10.5 Å². The second-order valence-corrected chi connectivity index (χ2v) is 5.44. The lowest BCUT2D eigenvalue weighted by molar-refractivity contribution is -0.0939. The second kappa shape index (κ2) is 5.74. The molecular formula is C16H18N8. The van der Waals surface area contributed by atoms with Crippen molar-refractivity contribution in [2.24, 2.45) is 10.2 Å². The standard InChI is InChI=1S/C16H18N8/c1-13-17-23(20-21(13)2)24-19-16(14-9-5-3-6-10-14)18-22(24)15-11-7-4-8-12-15/h3-12,20H,1-2H3,(H,18,19). The molecule has 2 heterocycles. The third-order valence-corrected chi connectivity index (χ3v) is 3.76. The van der Waals surface area contributed by atoms with Crippen LogP contribution in [0.4, 0.5) is 5.69 Å². The number of hydrogen-bond acceptors (Lipinski definition) is 8. The number of hydrogen-bond donors (Lipinski definition) is 2. The molecule has 0 atom stereocenters. The van der Waals surface area contributed by atoms with Crippen molar-refractivity contribution in [2.75, 3.05) is 12.2 Å². The monoisotopic (exact) mass is 322 g/mol. The molecule has 2 N–H and O–H groups in total. The molecule has 2 aliphatic heterocycles. The first-order chi connectivity index (χ1) is 11.7. The Kier molecular flexibility index (Phi) is 3.43. The number of para-hydroxylation sites is 1. The molecule has 0 amide bonds. The highest BCUT2D eigenvalue weighted by Gasteiger charge is 2.32. The summed E-state index contributed by atoms with van der Waals surface area (Å²) in [6.07, 6.45) is 0. The van der Waals surface area contributed by atoms with Crippen molar-refractivity contribution in [3.05, 3.63) is 66.2 Å². The van der Waals surface area contributed by atoms with E-state index in [0.29, 0.717) is 0 Å². The fourth-order valence-corrected chi connectivity index (χ4v) is 2.40. The maximum absolute atomic E-state index is 4.66. The van der Waals surface area contributed by atoms with Crippen molar-refractivity contribution < 1.29 is 0 Å². The fourth-order valence-electron chi connectivity index (χ4n) is 2.40. The molecule has 0 aliphatic carbocycles. The Hall–Kier alpha value is -3.26. The van der Waals surface area contributed by atoms with Crippen molar-refractivity contribution >= 4 is 17.4 Å². The largest absolute Gasteiger partial charge is 0.276 e. The number of hydrazine groups is 5. The van der Waals surface area contributed by atoms with Gasteiger partial charge in [-0.3, -0.25) is 10.4 Å². The molecule has 0 saturated heterocycles. The molecule has 0 radical (unpaired) electrons. The van der Waals surface area contributed by atoms with E-state index in [9.17, 15) is 0 Å². The Morgan fingerprint density at radius 3 is 2.17 bits per heavy atom. The van der Waals surface area contributed by atoms with Gasteiger partial charge in [0, 0.05) is 12.6 Å². The first kappa shape index (κ1) is 14.3. The van der Waals surface area contributed by atoms with Crippen molar-refractivity contribution in [1.82, 2.24) is 26.4 Å². The predicted molar refractivity (Wildman–Crippen MR) is 92.7 cm³/mol. The highest BCUT2D eigenvalue weighted by Crippen LogP contribution is 2.21. The van der Waals surface area contributed by atoms with Gasteiger partial charge in [-0.15, -0.1) is 15.7 Å². The smallest absolute Gasteiger partial charge is 0.177 e. The first-order valence-electron chi connectivity index (χ1n) is 7.63. The van der Waals surface area contributed by atoms with Crippen LogP contribution < -0.4 is 16.1 Å². The summed E-state index contributed by atoms with van der Waals surface area (Å²) < 4.78 is 0. The minimum absolute atomic E-state index is 0.739. The van der Waals surface area contributed by atoms with Gasteiger partial charge in [-0.25, -0.2) is 0 Å². The number of hydrazone groups is 2. The Labute approximate surface area is 140 Å². The lowest BCUT2D eigenvalue weighted by Gasteiger charge is -2.31. The van der Waals surface area contributed by atoms with Gasteiger partial charge >= 0.3 is 0 Å². The van der Waals surface area contributed by atoms with E-state index in [-0.39, 0.29) is 0 Å². The Bertz CT molecular complexity index is 773. The molecule has 8 nitrogen and oxygen atoms in total. The summed E-state index contributed by atoms with van der Waals surface area (Å²) in [5.41, 5.74) is 8.37. The number of amidine groups is 2. The highest BCUT2D eigenvalue weighted by molar-refractivity contribution is 6.00. The zero-order valence-corrected chi connectivity index (χ0v) is 13.5. The van der Waals surface area contributed by atoms with E-state index in [1.807, 2.05) is 84.8 Å². The Morgan fingerprint density at radius 1 is 0.875 bits per heavy atom. The van der Waals surface area contributed by atoms with Gasteiger partial charge < -0.3 is 0 Å². The van der Waals surface area contributed by atoms with Crippen LogP contribution in [0.25, 0.3) is 0 Å². The molecule has 0 spiro atoms. The summed E-state index contributed by atoms with van der Waals surface area (Å²) >= 11 is 0. The Morgan fingerprint density at radius 2 is 1.54 bits per heavy atom. The van der Waals surface area contributed by atoms with E-state index in [0.717, 1.165) is 22.9 Å². The van der Waals surface area contributed by atoms with Gasteiger partial charge in [0.15, 0.2) is 5.84 Å². The van der Waals surface area contributed by atoms with E-state index < -0.39 is 0 Å². The summed E-state index contributed by atoms with van der Waals surface area (Å²) in [5, 5.41) is 16.0. The van der Waals surface area contributed by atoms with Crippen LogP contribution in [0.2, 0.25) is 0 Å². The maximum Gasteiger partial charge on any atom is 0.177 e. The van der Waals surface area contributed by atoms with Crippen LogP contribution in [0.5, 0.6) is 0 Å². The molecule has 2 aromatic carbocycles. The van der Waals surface area contributed by atoms with Crippen LogP contribution in [-0.4, -0.2) is 34.2 Å². The third kappa shape index (κ3) is 2.48. The van der Waals surface area contributed by atoms with Gasteiger partial charge in [0.2, 0.25) is 0 Å². The average Bonchev–Trinajstić information content (AvgIpc) is 3.21. The summed E-state index contributed by atoms with van der Waals surface area (Å²) in [7, 11) is 1.90. The molecule has 2 aliphatic rings. The molecule has 2 aromatic rings. The second-order valence-electron chi connectivity index (χ2n) is 5.44. The number of nitrogens with zero attached hydrogens (tertiary/aromatic N) is 6. The summed E-state index contributed by atoms with van der Waals surface area (Å²) in [6.45, 7) is 1.92. The minimum Gasteiger partial charge on any atom is -0.276 e. The van der Waals surface area contributed by atoms with Crippen molar-refractivity contribution in [3.63, 3.8) is 0 Å². The normalized spacial score (nSPS) is 17.1. The van der Waals surface area contributed by atoms with Crippen LogP contribution in [0.3, 0.4) is 0 Å². The lowest BCUT2D eigenvalue weighted by atomic mass is 10.2. The van der Waals surface area contributed by atoms with E-state index >= 15 is 0 Å². The SMILES string of the molecule is CC1=NN(N2N=C(c3ccccc3)NN2c2ccccc2)NN1C. The highest BCUT2D eigenvalue weighted by atomic mass is 16.2. The third-order valence-electron chi connectivity index (χ3n) is 3.76. The predicted octanol–water partition coefficient (Wildman–Crippen LogP) is 1.51. The molecule has 0 aromatic heterocycles. The molecule has 8 heteroatoms. The lowest BCUT2D eigenvalue weighted by Crippen LogP contribution is -2.55. The zero-order valence-electron chi connectivity index (χ0n) is 13.5. The van der Waals surface area contributed by atoms with E-state index in [2.05, 4.69) is 21.2 Å². The van der Waals surface area contributed by atoms with Crippen LogP contribution in [-0.2, 0) is 0 Å². The van der Waals surface area contributed by atoms with E-state index in [1.165, 1.54) is 0 Å². The van der Waals surface area contributed by atoms with Crippen LogP contribution in [0.15, 0.2) is 70.9 Å². The molecule has 122 valence electrons. The average molecular weight is 322 g/mol. The molecule has 0 saturated carbocycles. The van der Waals surface area contributed by atoms with Crippen molar-refractivity contribution in [2.45, 2.75) is 6.92 Å². The Balaban J connectivity index is 1.69. The maximum atomic E-state index is 4.66. The number of rotatable bonds is 3. The van der Waals surface area contributed by atoms with Crippen LogP contribution >= 0.6 is 0 Å². The van der Waals surface area contributed by atoms with Gasteiger partial charge in [0.25, 0.3) is 0 Å². The summed E-state index contributed by atoms with van der Waals surface area (Å²) in [5.74, 6) is 1.58. The van der Waals surface area contributed by atoms with Crippen molar-refractivity contribution in [3.8, 4) is 0 Å². The summed E-state index contributed by atoms with van der Waals surface area (Å²) in [4.78, 5) is 0. The van der Waals surface area contributed by atoms with Gasteiger partial charge in [-0.05, 0) is 24.3 Å². The molecule has 0 bridgehead atoms. The molecule has 0 fully saturated rings. The quantitative estimate of drug-likeness (QED) is 0.893. The number of nitrogens with one attached hydrogen (secondary N) is 2. The van der Waals surface area contributed by atoms with Crippen molar-refractivity contribution in [1.29, 1.82) is 0 Å². The first-order valence-corrected chi connectivity index (χ1v) is 7.63. The fraction of sp³-hybridized carbons (Fsp3) is 0.125. The number of anilines is 1. The molecule has 0 unspecified atom stereocenters. The van der Waals surface area contributed by atoms with Gasteiger partial charge in [0.1, 0.15) is 5.84 Å². The zero-order chi connectivity index (χ0) is 16.5. The van der Waals surface area contributed by atoms with Crippen LogP contribution in [0.1, 0.15) is 12.5 Å². The minimum atomic E-state index is 0.739. The van der Waals surface area contributed by atoms with Gasteiger partial charge in [-0.2, -0.15) is 5.12 Å². The topological polar surface area (TPSA) is 61.7 Å².